The fourth-order valence-electron chi connectivity index (χ4n) is 3.53. The molecule has 3 aromatic rings. The summed E-state index contributed by atoms with van der Waals surface area (Å²) < 4.78 is 0. The maximum atomic E-state index is 6.45. The van der Waals surface area contributed by atoms with Crippen LogP contribution in [0.5, 0.6) is 0 Å². The minimum absolute atomic E-state index is 0.426. The highest BCUT2D eigenvalue weighted by Crippen LogP contribution is 2.18. The van der Waals surface area contributed by atoms with Gasteiger partial charge in [-0.3, -0.25) is 5.10 Å². The van der Waals surface area contributed by atoms with Gasteiger partial charge in [0.25, 0.3) is 0 Å². The van der Waals surface area contributed by atoms with Crippen molar-refractivity contribution in [1.82, 2.24) is 25.7 Å². The van der Waals surface area contributed by atoms with Crippen LogP contribution in [-0.4, -0.2) is 47.1 Å². The maximum Gasteiger partial charge on any atom is 0.171 e. The molecule has 1 aromatic heterocycles. The second-order valence-corrected chi connectivity index (χ2v) is 7.39. The van der Waals surface area contributed by atoms with Crippen LogP contribution in [0.1, 0.15) is 16.8 Å². The Morgan fingerprint density at radius 3 is 2.67 bits per heavy atom. The molecule has 1 fully saturated rings. The molecule has 0 spiro atoms. The third-order valence-corrected chi connectivity index (χ3v) is 5.25. The van der Waals surface area contributed by atoms with Crippen molar-refractivity contribution in [2.24, 2.45) is 16.5 Å². The van der Waals surface area contributed by atoms with Gasteiger partial charge in [0.05, 0.1) is 5.52 Å². The number of fused-ring (bicyclic) bond motifs is 1. The number of piperazine rings is 1. The normalized spacial score (nSPS) is 15.9. The zero-order valence-corrected chi connectivity index (χ0v) is 17.2. The van der Waals surface area contributed by atoms with Gasteiger partial charge >= 0.3 is 0 Å². The van der Waals surface area contributed by atoms with Crippen molar-refractivity contribution >= 4 is 16.7 Å². The van der Waals surface area contributed by atoms with Crippen LogP contribution in [0.15, 0.2) is 65.2 Å². The van der Waals surface area contributed by atoms with E-state index in [0.29, 0.717) is 24.0 Å². The van der Waals surface area contributed by atoms with E-state index < -0.39 is 0 Å². The molecule has 156 valence electrons. The largest absolute Gasteiger partial charge is 0.383 e. The Morgan fingerprint density at radius 1 is 1.13 bits per heavy atom. The molecule has 0 saturated carbocycles. The Hall–Kier alpha value is -3.52. The first-order valence-corrected chi connectivity index (χ1v) is 10.1. The van der Waals surface area contributed by atoms with E-state index in [2.05, 4.69) is 37.9 Å². The van der Waals surface area contributed by atoms with E-state index in [1.165, 1.54) is 0 Å². The number of benzene rings is 2. The molecule has 0 atom stereocenters. The second-order valence-electron chi connectivity index (χ2n) is 7.39. The molecule has 0 amide bonds. The van der Waals surface area contributed by atoms with E-state index in [-0.39, 0.29) is 0 Å². The molecular weight excluding hydrogens is 376 g/mol. The summed E-state index contributed by atoms with van der Waals surface area (Å²) in [5.74, 6) is 1.62. The molecule has 1 aliphatic heterocycles. The molecule has 0 aliphatic carbocycles. The SMILES string of the molecule is Cc1[nH]nc2ccc(/C(N)=N/C(=C(\N)NCc3ccccc3)N3CCNCC3)cc12. The van der Waals surface area contributed by atoms with Gasteiger partial charge in [-0.2, -0.15) is 5.10 Å². The van der Waals surface area contributed by atoms with E-state index >= 15 is 0 Å². The molecule has 0 radical (unpaired) electrons. The highest BCUT2D eigenvalue weighted by molar-refractivity contribution is 6.01. The number of H-pyrrole nitrogens is 1. The first-order chi connectivity index (χ1) is 14.6. The molecule has 2 aromatic carbocycles. The van der Waals surface area contributed by atoms with Gasteiger partial charge in [0.15, 0.2) is 5.82 Å². The average Bonchev–Trinajstić information content (AvgIpc) is 3.17. The maximum absolute atomic E-state index is 6.45. The molecular formula is C22H28N8. The first kappa shape index (κ1) is 19.8. The summed E-state index contributed by atoms with van der Waals surface area (Å²) in [4.78, 5) is 6.92. The number of aryl methyl sites for hydroxylation is 1. The number of amidine groups is 1. The first-order valence-electron chi connectivity index (χ1n) is 10.1. The molecule has 8 nitrogen and oxygen atoms in total. The summed E-state index contributed by atoms with van der Waals surface area (Å²) in [5, 5.41) is 15.0. The van der Waals surface area contributed by atoms with Gasteiger partial charge in [-0.1, -0.05) is 30.3 Å². The van der Waals surface area contributed by atoms with Gasteiger partial charge in [0.1, 0.15) is 11.7 Å². The zero-order chi connectivity index (χ0) is 20.9. The predicted octanol–water partition coefficient (Wildman–Crippen LogP) is 1.36. The fraction of sp³-hybridized carbons (Fsp3) is 0.273. The average molecular weight is 405 g/mol. The van der Waals surface area contributed by atoms with Crippen LogP contribution in [-0.2, 0) is 6.54 Å². The van der Waals surface area contributed by atoms with E-state index in [4.69, 9.17) is 16.5 Å². The number of aromatic nitrogens is 2. The summed E-state index contributed by atoms with van der Waals surface area (Å²) in [5.41, 5.74) is 16.8. The topological polar surface area (TPSA) is 120 Å². The van der Waals surface area contributed by atoms with Crippen molar-refractivity contribution in [3.8, 4) is 0 Å². The van der Waals surface area contributed by atoms with E-state index in [1.807, 2.05) is 43.3 Å². The highest BCUT2D eigenvalue weighted by atomic mass is 15.3. The summed E-state index contributed by atoms with van der Waals surface area (Å²) >= 11 is 0. The van der Waals surface area contributed by atoms with Gasteiger partial charge in [0, 0.05) is 49.4 Å². The van der Waals surface area contributed by atoms with Crippen molar-refractivity contribution in [2.45, 2.75) is 13.5 Å². The fourth-order valence-corrected chi connectivity index (χ4v) is 3.53. The third-order valence-electron chi connectivity index (χ3n) is 5.25. The lowest BCUT2D eigenvalue weighted by Crippen LogP contribution is -2.44. The molecule has 4 rings (SSSR count). The van der Waals surface area contributed by atoms with Crippen LogP contribution in [0, 0.1) is 6.92 Å². The predicted molar refractivity (Wildman–Crippen MR) is 120 cm³/mol. The summed E-state index contributed by atoms with van der Waals surface area (Å²) in [7, 11) is 0. The summed E-state index contributed by atoms with van der Waals surface area (Å²) in [6.07, 6.45) is 0. The lowest BCUT2D eigenvalue weighted by Gasteiger charge is -2.30. The van der Waals surface area contributed by atoms with Gasteiger partial charge in [-0.05, 0) is 30.7 Å². The number of rotatable bonds is 6. The smallest absolute Gasteiger partial charge is 0.171 e. The molecule has 2 heterocycles. The van der Waals surface area contributed by atoms with Crippen molar-refractivity contribution in [2.75, 3.05) is 26.2 Å². The number of nitrogens with two attached hydrogens (primary N) is 2. The number of hydrogen-bond acceptors (Lipinski definition) is 6. The molecule has 8 heteroatoms. The van der Waals surface area contributed by atoms with Crippen LogP contribution in [0.2, 0.25) is 0 Å². The zero-order valence-electron chi connectivity index (χ0n) is 17.2. The standard InChI is InChI=1S/C22H28N8/c1-15-18-13-17(7-8-19(18)29-28-15)20(23)27-22(30-11-9-25-10-12-30)21(24)26-14-16-5-3-2-4-6-16/h2-8,13,25-26H,9-12,14,24H2,1H3,(H2,23,27)(H,28,29)/b22-21-. The third kappa shape index (κ3) is 4.38. The van der Waals surface area contributed by atoms with Crippen molar-refractivity contribution in [1.29, 1.82) is 0 Å². The van der Waals surface area contributed by atoms with Crippen LogP contribution < -0.4 is 22.1 Å². The second kappa shape index (κ2) is 8.87. The Balaban J connectivity index is 1.64. The summed E-state index contributed by atoms with van der Waals surface area (Å²) in [6, 6.07) is 16.0. The molecule has 0 bridgehead atoms. The number of nitrogens with one attached hydrogen (secondary N) is 3. The van der Waals surface area contributed by atoms with Gasteiger partial charge in [-0.15, -0.1) is 0 Å². The van der Waals surface area contributed by atoms with Crippen LogP contribution in [0.4, 0.5) is 0 Å². The Labute approximate surface area is 176 Å². The van der Waals surface area contributed by atoms with E-state index in [9.17, 15) is 0 Å². The van der Waals surface area contributed by atoms with Crippen molar-refractivity contribution < 1.29 is 0 Å². The molecule has 30 heavy (non-hydrogen) atoms. The number of aliphatic imine (C=N–C) groups is 1. The Kier molecular flexibility index (Phi) is 5.85. The van der Waals surface area contributed by atoms with Gasteiger partial charge in [0.2, 0.25) is 0 Å². The van der Waals surface area contributed by atoms with Gasteiger partial charge in [-0.25, -0.2) is 4.99 Å². The monoisotopic (exact) mass is 404 g/mol. The van der Waals surface area contributed by atoms with Crippen molar-refractivity contribution in [3.05, 3.63) is 77.0 Å². The molecule has 0 unspecified atom stereocenters. The molecule has 1 saturated heterocycles. The lowest BCUT2D eigenvalue weighted by atomic mass is 10.1. The number of nitrogens with zero attached hydrogens (tertiary/aromatic N) is 3. The van der Waals surface area contributed by atoms with E-state index in [0.717, 1.165) is 53.9 Å². The lowest BCUT2D eigenvalue weighted by molar-refractivity contribution is 0.291. The van der Waals surface area contributed by atoms with E-state index in [1.54, 1.807) is 0 Å². The van der Waals surface area contributed by atoms with Gasteiger partial charge < -0.3 is 27.0 Å². The van der Waals surface area contributed by atoms with Crippen LogP contribution >= 0.6 is 0 Å². The number of hydrogen-bond donors (Lipinski definition) is 5. The Morgan fingerprint density at radius 2 is 1.90 bits per heavy atom. The van der Waals surface area contributed by atoms with Crippen LogP contribution in [0.3, 0.4) is 0 Å². The summed E-state index contributed by atoms with van der Waals surface area (Å²) in [6.45, 7) is 6.01. The van der Waals surface area contributed by atoms with Crippen molar-refractivity contribution in [3.63, 3.8) is 0 Å². The number of aromatic amines is 1. The minimum Gasteiger partial charge on any atom is -0.383 e. The minimum atomic E-state index is 0.426. The Bertz CT molecular complexity index is 1060. The highest BCUT2D eigenvalue weighted by Gasteiger charge is 2.17. The molecule has 1 aliphatic rings. The van der Waals surface area contributed by atoms with Crippen LogP contribution in [0.25, 0.3) is 10.9 Å². The quantitative estimate of drug-likeness (QED) is 0.312. The molecule has 7 N–H and O–H groups in total.